The highest BCUT2D eigenvalue weighted by Crippen LogP contribution is 2.24. The number of carbonyl (C=O) groups excluding carboxylic acids is 1. The van der Waals surface area contributed by atoms with E-state index in [1.54, 1.807) is 0 Å². The summed E-state index contributed by atoms with van der Waals surface area (Å²) in [6.45, 7) is 3.29. The first-order valence-corrected chi connectivity index (χ1v) is 7.93. The monoisotopic (exact) mass is 325 g/mol. The van der Waals surface area contributed by atoms with Gasteiger partial charge >= 0.3 is 6.09 Å². The first-order chi connectivity index (χ1) is 11.7. The average Bonchev–Trinajstić information content (AvgIpc) is 2.62. The zero-order chi connectivity index (χ0) is 17.2. The van der Waals surface area contributed by atoms with Crippen LogP contribution < -0.4 is 5.32 Å². The molecule has 0 heterocycles. The molecular weight excluding hydrogens is 302 g/mol. The lowest BCUT2D eigenvalue weighted by molar-refractivity contribution is 0.125. The van der Waals surface area contributed by atoms with E-state index in [1.165, 1.54) is 12.7 Å². The van der Waals surface area contributed by atoms with E-state index in [0.717, 1.165) is 23.2 Å². The second-order valence-electron chi connectivity index (χ2n) is 5.38. The van der Waals surface area contributed by atoms with Gasteiger partial charge in [-0.15, -0.1) is 0 Å². The van der Waals surface area contributed by atoms with Gasteiger partial charge in [0, 0.05) is 5.56 Å². The predicted molar refractivity (Wildman–Crippen MR) is 96.8 cm³/mol. The molecule has 2 aromatic rings. The van der Waals surface area contributed by atoms with E-state index in [2.05, 4.69) is 28.3 Å². The molecule has 0 aliphatic carbocycles. The van der Waals surface area contributed by atoms with Gasteiger partial charge in [-0.05, 0) is 30.5 Å². The van der Waals surface area contributed by atoms with E-state index < -0.39 is 6.09 Å². The summed E-state index contributed by atoms with van der Waals surface area (Å²) in [6.07, 6.45) is 2.45. The molecule has 2 aromatic carbocycles. The highest BCUT2D eigenvalue weighted by atomic mass is 16.5. The number of carbonyl (C=O) groups is 1. The van der Waals surface area contributed by atoms with Crippen LogP contribution in [0.25, 0.3) is 5.57 Å². The van der Waals surface area contributed by atoms with E-state index in [0.29, 0.717) is 13.2 Å². The summed E-state index contributed by atoms with van der Waals surface area (Å²) in [6, 6.07) is 17.8. The fourth-order valence-electron chi connectivity index (χ4n) is 2.33. The number of rotatable bonds is 7. The van der Waals surface area contributed by atoms with Gasteiger partial charge in [-0.2, -0.15) is 0 Å². The molecule has 0 fully saturated rings. The molecule has 2 rings (SSSR count). The maximum atomic E-state index is 11.4. The van der Waals surface area contributed by atoms with Crippen LogP contribution in [0.3, 0.4) is 0 Å². The summed E-state index contributed by atoms with van der Waals surface area (Å²) >= 11 is 0. The van der Waals surface area contributed by atoms with Crippen molar-refractivity contribution in [2.24, 2.45) is 0 Å². The van der Waals surface area contributed by atoms with Gasteiger partial charge < -0.3 is 9.47 Å². The standard InChI is InChI=1S/C20H23NO3/c1-16(9-8-14-24-15-17-10-4-3-5-11-17)18-12-6-7-13-19(18)21-20(22)23-2/h3-7,9-13H,8,14-15H2,1-2H3,(H,21,22)/b16-9+. The van der Waals surface area contributed by atoms with Crippen molar-refractivity contribution in [1.29, 1.82) is 0 Å². The summed E-state index contributed by atoms with van der Waals surface area (Å²) in [5, 5.41) is 2.73. The lowest BCUT2D eigenvalue weighted by atomic mass is 10.0. The molecule has 0 unspecified atom stereocenters. The Hall–Kier alpha value is -2.59. The van der Waals surface area contributed by atoms with Crippen molar-refractivity contribution in [2.45, 2.75) is 20.0 Å². The van der Waals surface area contributed by atoms with Gasteiger partial charge in [0.1, 0.15) is 0 Å². The zero-order valence-corrected chi connectivity index (χ0v) is 14.1. The number of ether oxygens (including phenoxy) is 2. The van der Waals surface area contributed by atoms with Crippen molar-refractivity contribution in [1.82, 2.24) is 0 Å². The number of hydrogen-bond acceptors (Lipinski definition) is 3. The minimum Gasteiger partial charge on any atom is -0.453 e. The minimum absolute atomic E-state index is 0.471. The van der Waals surface area contributed by atoms with Crippen LogP contribution in [0.5, 0.6) is 0 Å². The topological polar surface area (TPSA) is 47.6 Å². The lowest BCUT2D eigenvalue weighted by Crippen LogP contribution is -2.12. The first-order valence-electron chi connectivity index (χ1n) is 7.93. The Morgan fingerprint density at radius 2 is 1.79 bits per heavy atom. The maximum absolute atomic E-state index is 11.4. The molecule has 0 bridgehead atoms. The van der Waals surface area contributed by atoms with E-state index in [1.807, 2.05) is 49.4 Å². The maximum Gasteiger partial charge on any atom is 0.411 e. The van der Waals surface area contributed by atoms with Gasteiger partial charge in [-0.25, -0.2) is 4.79 Å². The molecule has 0 atom stereocenters. The third-order valence-corrected chi connectivity index (χ3v) is 3.60. The number of nitrogens with one attached hydrogen (secondary N) is 1. The van der Waals surface area contributed by atoms with Crippen molar-refractivity contribution in [3.05, 3.63) is 71.8 Å². The van der Waals surface area contributed by atoms with Crippen LogP contribution in [0.15, 0.2) is 60.7 Å². The van der Waals surface area contributed by atoms with E-state index >= 15 is 0 Å². The molecule has 0 aliphatic heterocycles. The first kappa shape index (κ1) is 17.8. The molecule has 24 heavy (non-hydrogen) atoms. The Morgan fingerprint density at radius 1 is 1.08 bits per heavy atom. The Bertz CT molecular complexity index is 680. The lowest BCUT2D eigenvalue weighted by Gasteiger charge is -2.11. The Kier molecular flexibility index (Phi) is 7.05. The van der Waals surface area contributed by atoms with Gasteiger partial charge in [0.25, 0.3) is 0 Å². The summed E-state index contributed by atoms with van der Waals surface area (Å²) in [4.78, 5) is 11.4. The normalized spacial score (nSPS) is 11.2. The van der Waals surface area contributed by atoms with Crippen LogP contribution in [-0.4, -0.2) is 19.8 Å². The fraction of sp³-hybridized carbons (Fsp3) is 0.250. The molecule has 0 aromatic heterocycles. The van der Waals surface area contributed by atoms with Crippen molar-refractivity contribution in [3.8, 4) is 0 Å². The Balaban J connectivity index is 1.88. The van der Waals surface area contributed by atoms with E-state index in [9.17, 15) is 4.79 Å². The number of amides is 1. The van der Waals surface area contributed by atoms with Crippen LogP contribution in [0, 0.1) is 0 Å². The Morgan fingerprint density at radius 3 is 2.54 bits per heavy atom. The van der Waals surface area contributed by atoms with Crippen LogP contribution in [0.2, 0.25) is 0 Å². The van der Waals surface area contributed by atoms with Crippen LogP contribution in [0.1, 0.15) is 24.5 Å². The highest BCUT2D eigenvalue weighted by molar-refractivity contribution is 5.89. The van der Waals surface area contributed by atoms with Crippen molar-refractivity contribution >= 4 is 17.4 Å². The number of para-hydroxylation sites is 1. The van der Waals surface area contributed by atoms with Gasteiger partial charge in [-0.3, -0.25) is 5.32 Å². The quantitative estimate of drug-likeness (QED) is 0.738. The third kappa shape index (κ3) is 5.56. The third-order valence-electron chi connectivity index (χ3n) is 3.60. The SMILES string of the molecule is COC(=O)Nc1ccccc1/C(C)=C/CCOCc1ccccc1. The summed E-state index contributed by atoms with van der Waals surface area (Å²) in [5.74, 6) is 0. The van der Waals surface area contributed by atoms with Gasteiger partial charge in [-0.1, -0.05) is 54.6 Å². The highest BCUT2D eigenvalue weighted by Gasteiger charge is 2.07. The molecule has 0 saturated heterocycles. The minimum atomic E-state index is -0.471. The number of benzene rings is 2. The fourth-order valence-corrected chi connectivity index (χ4v) is 2.33. The largest absolute Gasteiger partial charge is 0.453 e. The van der Waals surface area contributed by atoms with E-state index in [4.69, 9.17) is 4.74 Å². The molecule has 1 N–H and O–H groups in total. The van der Waals surface area contributed by atoms with Gasteiger partial charge in [0.2, 0.25) is 0 Å². The van der Waals surface area contributed by atoms with E-state index in [-0.39, 0.29) is 0 Å². The molecule has 4 heteroatoms. The summed E-state index contributed by atoms with van der Waals surface area (Å²) < 4.78 is 10.3. The molecule has 4 nitrogen and oxygen atoms in total. The smallest absolute Gasteiger partial charge is 0.411 e. The molecular formula is C20H23NO3. The van der Waals surface area contributed by atoms with Crippen LogP contribution in [-0.2, 0) is 16.1 Å². The number of methoxy groups -OCH3 is 1. The molecule has 1 amide bonds. The van der Waals surface area contributed by atoms with Crippen LogP contribution >= 0.6 is 0 Å². The molecule has 0 saturated carbocycles. The van der Waals surface area contributed by atoms with Gasteiger partial charge in [0.05, 0.1) is 26.0 Å². The molecule has 126 valence electrons. The van der Waals surface area contributed by atoms with Crippen LogP contribution in [0.4, 0.5) is 10.5 Å². The van der Waals surface area contributed by atoms with Crippen molar-refractivity contribution in [3.63, 3.8) is 0 Å². The number of allylic oxidation sites excluding steroid dienone is 1. The molecule has 0 spiro atoms. The Labute approximate surface area is 143 Å². The molecule has 0 radical (unpaired) electrons. The number of hydrogen-bond donors (Lipinski definition) is 1. The summed E-state index contributed by atoms with van der Waals surface area (Å²) in [7, 11) is 1.35. The van der Waals surface area contributed by atoms with Crippen molar-refractivity contribution < 1.29 is 14.3 Å². The van der Waals surface area contributed by atoms with Crippen molar-refractivity contribution in [2.75, 3.05) is 19.0 Å². The average molecular weight is 325 g/mol. The van der Waals surface area contributed by atoms with Gasteiger partial charge in [0.15, 0.2) is 0 Å². The second kappa shape index (κ2) is 9.53. The second-order valence-corrected chi connectivity index (χ2v) is 5.38. The zero-order valence-electron chi connectivity index (χ0n) is 14.1. The summed E-state index contributed by atoms with van der Waals surface area (Å²) in [5.41, 5.74) is 3.98. The number of anilines is 1. The predicted octanol–water partition coefficient (Wildman–Crippen LogP) is 4.88. The molecule has 0 aliphatic rings.